The summed E-state index contributed by atoms with van der Waals surface area (Å²) in [5, 5.41) is 20.1. The number of aliphatic hydroxyl groups excluding tert-OH is 1. The number of nitrogens with zero attached hydrogens (tertiary/aromatic N) is 1. The Balaban J connectivity index is 2.82. The molecule has 0 aliphatic carbocycles. The number of benzene rings is 1. The number of aliphatic hydroxyl groups is 1. The van der Waals surface area contributed by atoms with E-state index in [-0.39, 0.29) is 13.0 Å². The molecule has 0 saturated carbocycles. The van der Waals surface area contributed by atoms with Crippen molar-refractivity contribution < 1.29 is 19.8 Å². The zero-order chi connectivity index (χ0) is 14.4. The number of nitrogens with one attached hydrogen (secondary N) is 1. The number of carboxylic acid groups (broad SMARTS) is 1. The summed E-state index contributed by atoms with van der Waals surface area (Å²) in [7, 11) is 3.70. The lowest BCUT2D eigenvalue weighted by molar-refractivity contribution is -0.139. The third-order valence-corrected chi connectivity index (χ3v) is 2.65. The molecule has 0 heterocycles. The van der Waals surface area contributed by atoms with Crippen LogP contribution in [0.3, 0.4) is 0 Å². The lowest BCUT2D eigenvalue weighted by Gasteiger charge is -2.15. The molecule has 6 heteroatoms. The summed E-state index contributed by atoms with van der Waals surface area (Å²) < 4.78 is 0. The fourth-order valence-electron chi connectivity index (χ4n) is 1.55. The second kappa shape index (κ2) is 6.75. The number of carbonyl (C=O) groups is 2. The van der Waals surface area contributed by atoms with E-state index in [0.29, 0.717) is 5.56 Å². The quantitative estimate of drug-likeness (QED) is 0.690. The van der Waals surface area contributed by atoms with E-state index in [2.05, 4.69) is 5.32 Å². The minimum Gasteiger partial charge on any atom is -0.480 e. The maximum atomic E-state index is 11.9. The van der Waals surface area contributed by atoms with Crippen LogP contribution in [-0.2, 0) is 4.79 Å². The van der Waals surface area contributed by atoms with Gasteiger partial charge in [-0.3, -0.25) is 4.79 Å². The molecule has 0 radical (unpaired) electrons. The normalized spacial score (nSPS) is 11.7. The number of carbonyl (C=O) groups excluding carboxylic acids is 1. The van der Waals surface area contributed by atoms with Crippen LogP contribution in [0, 0.1) is 0 Å². The Hall–Kier alpha value is -2.08. The summed E-state index contributed by atoms with van der Waals surface area (Å²) in [6, 6.07) is 5.78. The Labute approximate surface area is 111 Å². The van der Waals surface area contributed by atoms with Crippen molar-refractivity contribution in [3.8, 4) is 0 Å². The predicted molar refractivity (Wildman–Crippen MR) is 71.4 cm³/mol. The summed E-state index contributed by atoms with van der Waals surface area (Å²) >= 11 is 0. The molecular weight excluding hydrogens is 248 g/mol. The largest absolute Gasteiger partial charge is 0.480 e. The van der Waals surface area contributed by atoms with Gasteiger partial charge in [0.1, 0.15) is 6.04 Å². The molecule has 1 aromatic carbocycles. The van der Waals surface area contributed by atoms with Crippen molar-refractivity contribution in [2.45, 2.75) is 12.5 Å². The lowest BCUT2D eigenvalue weighted by Crippen LogP contribution is -2.41. The molecule has 0 aliphatic heterocycles. The van der Waals surface area contributed by atoms with Crippen LogP contribution in [0.4, 0.5) is 5.69 Å². The molecule has 0 saturated heterocycles. The van der Waals surface area contributed by atoms with Gasteiger partial charge in [0.15, 0.2) is 0 Å². The first-order valence-electron chi connectivity index (χ1n) is 5.87. The minimum absolute atomic E-state index is 0.0194. The first-order chi connectivity index (χ1) is 8.95. The van der Waals surface area contributed by atoms with E-state index in [1.165, 1.54) is 0 Å². The molecule has 3 N–H and O–H groups in total. The van der Waals surface area contributed by atoms with Gasteiger partial charge in [-0.2, -0.15) is 0 Å². The summed E-state index contributed by atoms with van der Waals surface area (Å²) in [5.41, 5.74) is 1.23. The molecule has 19 heavy (non-hydrogen) atoms. The first-order valence-corrected chi connectivity index (χ1v) is 5.87. The molecule has 0 aliphatic rings. The van der Waals surface area contributed by atoms with Gasteiger partial charge in [0, 0.05) is 38.4 Å². The van der Waals surface area contributed by atoms with Crippen LogP contribution in [0.5, 0.6) is 0 Å². The Morgan fingerprint density at radius 3 is 2.58 bits per heavy atom. The monoisotopic (exact) mass is 266 g/mol. The van der Waals surface area contributed by atoms with Gasteiger partial charge in [-0.15, -0.1) is 0 Å². The van der Waals surface area contributed by atoms with Crippen LogP contribution in [0.15, 0.2) is 24.3 Å². The van der Waals surface area contributed by atoms with E-state index in [9.17, 15) is 9.59 Å². The van der Waals surface area contributed by atoms with Gasteiger partial charge in [-0.05, 0) is 18.2 Å². The molecule has 6 nitrogen and oxygen atoms in total. The second-order valence-electron chi connectivity index (χ2n) is 4.32. The van der Waals surface area contributed by atoms with Gasteiger partial charge in [0.2, 0.25) is 0 Å². The van der Waals surface area contributed by atoms with Crippen molar-refractivity contribution in [2.24, 2.45) is 0 Å². The third kappa shape index (κ3) is 4.26. The molecule has 0 unspecified atom stereocenters. The van der Waals surface area contributed by atoms with Crippen molar-refractivity contribution in [2.75, 3.05) is 25.6 Å². The predicted octanol–water partition coefficient (Wildman–Crippen LogP) is 0.318. The van der Waals surface area contributed by atoms with E-state index in [0.717, 1.165) is 5.69 Å². The zero-order valence-electron chi connectivity index (χ0n) is 11.0. The second-order valence-corrected chi connectivity index (χ2v) is 4.32. The van der Waals surface area contributed by atoms with Crippen LogP contribution >= 0.6 is 0 Å². The summed E-state index contributed by atoms with van der Waals surface area (Å²) in [5.74, 6) is -1.63. The Morgan fingerprint density at radius 1 is 1.37 bits per heavy atom. The van der Waals surface area contributed by atoms with Gasteiger partial charge < -0.3 is 20.4 Å². The van der Waals surface area contributed by atoms with Gasteiger partial charge in [0.25, 0.3) is 5.91 Å². The van der Waals surface area contributed by atoms with Crippen LogP contribution in [0.2, 0.25) is 0 Å². The van der Waals surface area contributed by atoms with Gasteiger partial charge in [-0.25, -0.2) is 4.79 Å². The van der Waals surface area contributed by atoms with Crippen LogP contribution in [0.1, 0.15) is 16.8 Å². The number of hydrogen-bond donors (Lipinski definition) is 3. The SMILES string of the molecule is CN(C)c1cccc(C(=O)N[C@H](CCO)C(=O)O)c1. The zero-order valence-corrected chi connectivity index (χ0v) is 11.0. The summed E-state index contributed by atoms with van der Waals surface area (Å²) in [6.45, 7) is -0.297. The fourth-order valence-corrected chi connectivity index (χ4v) is 1.55. The average molecular weight is 266 g/mol. The molecule has 1 rings (SSSR count). The molecule has 104 valence electrons. The van der Waals surface area contributed by atoms with E-state index < -0.39 is 17.9 Å². The highest BCUT2D eigenvalue weighted by Crippen LogP contribution is 2.13. The number of anilines is 1. The Bertz CT molecular complexity index is 460. The average Bonchev–Trinajstić information content (AvgIpc) is 2.38. The van der Waals surface area contributed by atoms with Crippen molar-refractivity contribution in [1.29, 1.82) is 0 Å². The van der Waals surface area contributed by atoms with Crippen molar-refractivity contribution in [3.05, 3.63) is 29.8 Å². The lowest BCUT2D eigenvalue weighted by atomic mass is 10.1. The van der Waals surface area contributed by atoms with Crippen molar-refractivity contribution in [3.63, 3.8) is 0 Å². The van der Waals surface area contributed by atoms with Gasteiger partial charge in [0.05, 0.1) is 0 Å². The van der Waals surface area contributed by atoms with Crippen LogP contribution in [0.25, 0.3) is 0 Å². The maximum Gasteiger partial charge on any atom is 0.326 e. The van der Waals surface area contributed by atoms with Gasteiger partial charge in [-0.1, -0.05) is 6.07 Å². The number of amides is 1. The van der Waals surface area contributed by atoms with E-state index in [4.69, 9.17) is 10.2 Å². The minimum atomic E-state index is -1.16. The number of carboxylic acids is 1. The van der Waals surface area contributed by atoms with Crippen molar-refractivity contribution in [1.82, 2.24) is 5.32 Å². The fraction of sp³-hybridized carbons (Fsp3) is 0.385. The first kappa shape index (κ1) is 15.0. The topological polar surface area (TPSA) is 89.9 Å². The van der Waals surface area contributed by atoms with E-state index in [1.54, 1.807) is 18.2 Å². The maximum absolute atomic E-state index is 11.9. The number of hydrogen-bond acceptors (Lipinski definition) is 4. The highest BCUT2D eigenvalue weighted by molar-refractivity contribution is 5.97. The highest BCUT2D eigenvalue weighted by atomic mass is 16.4. The Kier molecular flexibility index (Phi) is 5.32. The van der Waals surface area contributed by atoms with Crippen molar-refractivity contribution >= 4 is 17.6 Å². The summed E-state index contributed by atoms with van der Waals surface area (Å²) in [6.07, 6.45) is -0.0194. The van der Waals surface area contributed by atoms with Crippen LogP contribution in [-0.4, -0.2) is 48.8 Å². The standard InChI is InChI=1S/C13H18N2O4/c1-15(2)10-5-3-4-9(8-10)12(17)14-11(6-7-16)13(18)19/h3-5,8,11,16H,6-7H2,1-2H3,(H,14,17)(H,18,19)/t11-/m1/s1. The third-order valence-electron chi connectivity index (χ3n) is 2.65. The van der Waals surface area contributed by atoms with Crippen LogP contribution < -0.4 is 10.2 Å². The molecule has 1 aromatic rings. The van der Waals surface area contributed by atoms with E-state index >= 15 is 0 Å². The Morgan fingerprint density at radius 2 is 2.05 bits per heavy atom. The highest BCUT2D eigenvalue weighted by Gasteiger charge is 2.20. The molecular formula is C13H18N2O4. The summed E-state index contributed by atoms with van der Waals surface area (Å²) in [4.78, 5) is 24.7. The van der Waals surface area contributed by atoms with Gasteiger partial charge >= 0.3 is 5.97 Å². The molecule has 0 fully saturated rings. The number of aliphatic carboxylic acids is 1. The molecule has 0 aromatic heterocycles. The molecule has 0 spiro atoms. The molecule has 1 atom stereocenters. The smallest absolute Gasteiger partial charge is 0.326 e. The molecule has 0 bridgehead atoms. The number of rotatable bonds is 6. The van der Waals surface area contributed by atoms with E-state index in [1.807, 2.05) is 25.1 Å². The molecule has 1 amide bonds.